The summed E-state index contributed by atoms with van der Waals surface area (Å²) in [5, 5.41) is 3.59. The summed E-state index contributed by atoms with van der Waals surface area (Å²) in [5.41, 5.74) is 0. The molecule has 124 valence electrons. The number of piperidine rings is 1. The molecule has 2 rings (SSSR count). The average molecular weight is 295 g/mol. The molecule has 1 N–H and O–H groups in total. The molecule has 2 heteroatoms. The molecule has 0 bridgehead atoms. The van der Waals surface area contributed by atoms with Gasteiger partial charge in [0.1, 0.15) is 0 Å². The minimum absolute atomic E-state index is 0.873. The van der Waals surface area contributed by atoms with Crippen molar-refractivity contribution in [1.29, 1.82) is 0 Å². The predicted octanol–water partition coefficient (Wildman–Crippen LogP) is 4.59. The van der Waals surface area contributed by atoms with Gasteiger partial charge in [-0.1, -0.05) is 64.7 Å². The Morgan fingerprint density at radius 2 is 1.52 bits per heavy atom. The zero-order chi connectivity index (χ0) is 14.8. The van der Waals surface area contributed by atoms with Crippen LogP contribution >= 0.6 is 0 Å². The molecule has 0 aromatic rings. The van der Waals surface area contributed by atoms with Crippen LogP contribution in [0.4, 0.5) is 0 Å². The lowest BCUT2D eigenvalue weighted by Gasteiger charge is -2.37. The fourth-order valence-corrected chi connectivity index (χ4v) is 4.24. The van der Waals surface area contributed by atoms with Crippen LogP contribution in [0.15, 0.2) is 0 Å². The molecule has 0 aromatic carbocycles. The van der Waals surface area contributed by atoms with Gasteiger partial charge >= 0.3 is 0 Å². The van der Waals surface area contributed by atoms with Crippen molar-refractivity contribution >= 4 is 0 Å². The molecule has 0 saturated carbocycles. The van der Waals surface area contributed by atoms with Crippen LogP contribution in [0.25, 0.3) is 0 Å². The Bertz CT molecular complexity index is 254. The van der Waals surface area contributed by atoms with Crippen molar-refractivity contribution in [2.24, 2.45) is 5.92 Å². The second-order valence-electron chi connectivity index (χ2n) is 7.35. The summed E-state index contributed by atoms with van der Waals surface area (Å²) >= 11 is 0. The Morgan fingerprint density at radius 3 is 2.24 bits per heavy atom. The van der Waals surface area contributed by atoms with Gasteiger partial charge in [-0.05, 0) is 44.8 Å². The van der Waals surface area contributed by atoms with Crippen LogP contribution < -0.4 is 5.32 Å². The van der Waals surface area contributed by atoms with E-state index in [1.54, 1.807) is 0 Å². The van der Waals surface area contributed by atoms with Crippen LogP contribution in [-0.2, 0) is 0 Å². The van der Waals surface area contributed by atoms with Crippen LogP contribution in [0.3, 0.4) is 0 Å². The molecule has 0 aliphatic carbocycles. The van der Waals surface area contributed by atoms with Crippen LogP contribution in [0, 0.1) is 5.92 Å². The molecule has 0 aromatic heterocycles. The Labute approximate surface area is 133 Å². The van der Waals surface area contributed by atoms with Crippen molar-refractivity contribution in [3.63, 3.8) is 0 Å². The zero-order valence-corrected chi connectivity index (χ0v) is 14.4. The Balaban J connectivity index is 1.41. The van der Waals surface area contributed by atoms with Gasteiger partial charge in [0.2, 0.25) is 0 Å². The highest BCUT2D eigenvalue weighted by atomic mass is 15.2. The maximum absolute atomic E-state index is 3.59. The van der Waals surface area contributed by atoms with E-state index in [-0.39, 0.29) is 0 Å². The SMILES string of the molecule is CCCCCCCCCCCCN1CCCC2CNCC21. The highest BCUT2D eigenvalue weighted by molar-refractivity contribution is 4.91. The molecule has 0 radical (unpaired) electrons. The van der Waals surface area contributed by atoms with Crippen molar-refractivity contribution in [3.8, 4) is 0 Å². The van der Waals surface area contributed by atoms with Crippen molar-refractivity contribution in [1.82, 2.24) is 10.2 Å². The molecule has 21 heavy (non-hydrogen) atoms. The molecule has 2 aliphatic heterocycles. The maximum Gasteiger partial charge on any atom is 0.0260 e. The van der Waals surface area contributed by atoms with E-state index in [0.717, 1.165) is 12.0 Å². The van der Waals surface area contributed by atoms with E-state index in [1.165, 1.54) is 103 Å². The molecule has 2 aliphatic rings. The molecule has 2 nitrogen and oxygen atoms in total. The molecule has 2 fully saturated rings. The standard InChI is InChI=1S/C19H38N2/c1-2-3-4-5-6-7-8-9-10-11-14-21-15-12-13-18-16-20-17-19(18)21/h18-20H,2-17H2,1H3. The number of likely N-dealkylation sites (tertiary alicyclic amines) is 1. The van der Waals surface area contributed by atoms with Gasteiger partial charge in [-0.15, -0.1) is 0 Å². The van der Waals surface area contributed by atoms with E-state index in [2.05, 4.69) is 17.1 Å². The largest absolute Gasteiger partial charge is 0.315 e. The fraction of sp³-hybridized carbons (Fsp3) is 1.00. The van der Waals surface area contributed by atoms with Crippen molar-refractivity contribution in [3.05, 3.63) is 0 Å². The summed E-state index contributed by atoms with van der Waals surface area (Å²) < 4.78 is 0. The van der Waals surface area contributed by atoms with E-state index in [1.807, 2.05) is 0 Å². The summed E-state index contributed by atoms with van der Waals surface area (Å²) in [6.45, 7) is 7.55. The van der Waals surface area contributed by atoms with Crippen molar-refractivity contribution < 1.29 is 0 Å². The minimum atomic E-state index is 0.873. The number of rotatable bonds is 11. The van der Waals surface area contributed by atoms with Gasteiger partial charge < -0.3 is 5.32 Å². The Hall–Kier alpha value is -0.0800. The lowest BCUT2D eigenvalue weighted by Crippen LogP contribution is -2.45. The summed E-state index contributed by atoms with van der Waals surface area (Å²) in [7, 11) is 0. The van der Waals surface area contributed by atoms with Gasteiger partial charge in [0, 0.05) is 12.6 Å². The molecule has 2 heterocycles. The molecule has 0 amide bonds. The third kappa shape index (κ3) is 6.28. The smallest absolute Gasteiger partial charge is 0.0260 e. The Morgan fingerprint density at radius 1 is 0.857 bits per heavy atom. The number of nitrogens with zero attached hydrogens (tertiary/aromatic N) is 1. The number of nitrogens with one attached hydrogen (secondary N) is 1. The van der Waals surface area contributed by atoms with Gasteiger partial charge in [0.15, 0.2) is 0 Å². The minimum Gasteiger partial charge on any atom is -0.315 e. The predicted molar refractivity (Wildman–Crippen MR) is 92.8 cm³/mol. The summed E-state index contributed by atoms with van der Waals surface area (Å²) in [6, 6.07) is 0.873. The van der Waals surface area contributed by atoms with Crippen LogP contribution in [-0.4, -0.2) is 37.1 Å². The summed E-state index contributed by atoms with van der Waals surface area (Å²) in [6.07, 6.45) is 17.4. The fourth-order valence-electron chi connectivity index (χ4n) is 4.24. The lowest BCUT2D eigenvalue weighted by molar-refractivity contribution is 0.122. The maximum atomic E-state index is 3.59. The average Bonchev–Trinajstić information content (AvgIpc) is 2.98. The quantitative estimate of drug-likeness (QED) is 0.561. The summed E-state index contributed by atoms with van der Waals surface area (Å²) in [5.74, 6) is 0.960. The third-order valence-corrected chi connectivity index (χ3v) is 5.59. The van der Waals surface area contributed by atoms with Gasteiger partial charge in [-0.25, -0.2) is 0 Å². The van der Waals surface area contributed by atoms with Crippen LogP contribution in [0.1, 0.15) is 84.0 Å². The number of unbranched alkanes of at least 4 members (excludes halogenated alkanes) is 9. The van der Waals surface area contributed by atoms with E-state index >= 15 is 0 Å². The van der Waals surface area contributed by atoms with E-state index in [4.69, 9.17) is 0 Å². The van der Waals surface area contributed by atoms with E-state index in [0.29, 0.717) is 0 Å². The first-order valence-electron chi connectivity index (χ1n) is 9.86. The molecule has 0 spiro atoms. The lowest BCUT2D eigenvalue weighted by atomic mass is 9.92. The first-order valence-corrected chi connectivity index (χ1v) is 9.86. The van der Waals surface area contributed by atoms with Gasteiger partial charge in [0.05, 0.1) is 0 Å². The second kappa shape index (κ2) is 10.6. The van der Waals surface area contributed by atoms with Crippen molar-refractivity contribution in [2.45, 2.75) is 90.0 Å². The highest BCUT2D eigenvalue weighted by Gasteiger charge is 2.34. The number of hydrogen-bond donors (Lipinski definition) is 1. The first kappa shape index (κ1) is 17.3. The van der Waals surface area contributed by atoms with Crippen LogP contribution in [0.5, 0.6) is 0 Å². The van der Waals surface area contributed by atoms with E-state index in [9.17, 15) is 0 Å². The first-order chi connectivity index (χ1) is 10.4. The highest BCUT2D eigenvalue weighted by Crippen LogP contribution is 2.26. The normalized spacial score (nSPS) is 26.1. The molecule has 2 unspecified atom stereocenters. The van der Waals surface area contributed by atoms with Gasteiger partial charge in [-0.3, -0.25) is 4.90 Å². The molecular formula is C19H38N2. The number of fused-ring (bicyclic) bond motifs is 1. The second-order valence-corrected chi connectivity index (χ2v) is 7.35. The third-order valence-electron chi connectivity index (χ3n) is 5.59. The molecular weight excluding hydrogens is 256 g/mol. The number of hydrogen-bond acceptors (Lipinski definition) is 2. The van der Waals surface area contributed by atoms with E-state index < -0.39 is 0 Å². The van der Waals surface area contributed by atoms with Crippen molar-refractivity contribution in [2.75, 3.05) is 26.2 Å². The molecule has 2 saturated heterocycles. The topological polar surface area (TPSA) is 15.3 Å². The monoisotopic (exact) mass is 294 g/mol. The van der Waals surface area contributed by atoms with Gasteiger partial charge in [0.25, 0.3) is 0 Å². The summed E-state index contributed by atoms with van der Waals surface area (Å²) in [4.78, 5) is 2.79. The van der Waals surface area contributed by atoms with Crippen LogP contribution in [0.2, 0.25) is 0 Å². The zero-order valence-electron chi connectivity index (χ0n) is 14.4. The van der Waals surface area contributed by atoms with Gasteiger partial charge in [-0.2, -0.15) is 0 Å². The molecule has 2 atom stereocenters. The Kier molecular flexibility index (Phi) is 8.73.